The van der Waals surface area contributed by atoms with Crippen molar-refractivity contribution in [2.24, 2.45) is 5.92 Å². The van der Waals surface area contributed by atoms with Gasteiger partial charge >= 0.3 is 5.97 Å². The lowest BCUT2D eigenvalue weighted by Gasteiger charge is -2.17. The molecule has 3 heteroatoms. The summed E-state index contributed by atoms with van der Waals surface area (Å²) >= 11 is 5.85. The van der Waals surface area contributed by atoms with Crippen LogP contribution in [-0.2, 0) is 9.53 Å². The molecule has 0 aliphatic carbocycles. The van der Waals surface area contributed by atoms with Gasteiger partial charge < -0.3 is 4.74 Å². The second-order valence-corrected chi connectivity index (χ2v) is 4.92. The summed E-state index contributed by atoms with van der Waals surface area (Å²) in [6.07, 6.45) is 0.792. The Bertz CT molecular complexity index is 357. The lowest BCUT2D eigenvalue weighted by molar-refractivity contribution is -0.145. The average molecular weight is 255 g/mol. The van der Waals surface area contributed by atoms with Crippen LogP contribution < -0.4 is 0 Å². The van der Waals surface area contributed by atoms with E-state index < -0.39 is 0 Å². The summed E-state index contributed by atoms with van der Waals surface area (Å²) in [5.41, 5.74) is 0.974. The Morgan fingerprint density at radius 2 is 1.88 bits per heavy atom. The summed E-state index contributed by atoms with van der Waals surface area (Å²) in [5, 5.41) is 0.681. The van der Waals surface area contributed by atoms with Gasteiger partial charge in [-0.1, -0.05) is 37.6 Å². The van der Waals surface area contributed by atoms with Crippen LogP contribution in [0.1, 0.15) is 38.7 Å². The minimum atomic E-state index is -0.188. The molecule has 0 spiro atoms. The molecule has 0 unspecified atom stereocenters. The highest BCUT2D eigenvalue weighted by Gasteiger charge is 2.22. The fraction of sp³-hybridized carbons (Fsp3) is 0.500. The normalized spacial score (nSPS) is 12.5. The maximum absolute atomic E-state index is 11.9. The van der Waals surface area contributed by atoms with Crippen LogP contribution in [0.15, 0.2) is 24.3 Å². The fourth-order valence-corrected chi connectivity index (χ4v) is 1.90. The zero-order valence-electron chi connectivity index (χ0n) is 10.6. The standard InChI is InChI=1S/C14H19ClO2/c1-4-17-14(16)13(9-10(2)3)11-5-7-12(15)8-6-11/h5-8,10,13H,4,9H2,1-3H3/t13-/m0/s1. The minimum Gasteiger partial charge on any atom is -0.466 e. The lowest BCUT2D eigenvalue weighted by atomic mass is 9.90. The first-order valence-corrected chi connectivity index (χ1v) is 6.34. The molecule has 0 N–H and O–H groups in total. The molecule has 0 aliphatic rings. The van der Waals surface area contributed by atoms with Gasteiger partial charge in [0.15, 0.2) is 0 Å². The highest BCUT2D eigenvalue weighted by Crippen LogP contribution is 2.26. The molecule has 0 saturated heterocycles. The van der Waals surface area contributed by atoms with E-state index in [0.29, 0.717) is 17.5 Å². The molecule has 0 amide bonds. The zero-order valence-corrected chi connectivity index (χ0v) is 11.3. The Morgan fingerprint density at radius 3 is 2.35 bits per heavy atom. The lowest BCUT2D eigenvalue weighted by Crippen LogP contribution is -2.17. The van der Waals surface area contributed by atoms with Gasteiger partial charge in [0.2, 0.25) is 0 Å². The molecule has 2 nitrogen and oxygen atoms in total. The van der Waals surface area contributed by atoms with E-state index in [1.807, 2.05) is 31.2 Å². The second kappa shape index (κ2) is 6.65. The molecular formula is C14H19ClO2. The van der Waals surface area contributed by atoms with E-state index in [0.717, 1.165) is 12.0 Å². The van der Waals surface area contributed by atoms with Crippen molar-refractivity contribution in [3.8, 4) is 0 Å². The minimum absolute atomic E-state index is 0.150. The first-order valence-electron chi connectivity index (χ1n) is 5.96. The van der Waals surface area contributed by atoms with Gasteiger partial charge in [0, 0.05) is 5.02 Å². The Hall–Kier alpha value is -1.02. The molecule has 1 rings (SSSR count). The van der Waals surface area contributed by atoms with E-state index in [9.17, 15) is 4.79 Å². The van der Waals surface area contributed by atoms with E-state index >= 15 is 0 Å². The van der Waals surface area contributed by atoms with Gasteiger partial charge in [0.1, 0.15) is 0 Å². The van der Waals surface area contributed by atoms with E-state index in [-0.39, 0.29) is 11.9 Å². The quantitative estimate of drug-likeness (QED) is 0.742. The third kappa shape index (κ3) is 4.39. The van der Waals surface area contributed by atoms with Crippen molar-refractivity contribution in [2.75, 3.05) is 6.61 Å². The third-order valence-corrected chi connectivity index (χ3v) is 2.80. The summed E-state index contributed by atoms with van der Waals surface area (Å²) in [7, 11) is 0. The molecule has 1 aromatic carbocycles. The molecule has 0 aromatic heterocycles. The number of carbonyl (C=O) groups excluding carboxylic acids is 1. The number of rotatable bonds is 5. The Kier molecular flexibility index (Phi) is 5.49. The number of esters is 1. The first kappa shape index (κ1) is 14.0. The molecule has 0 saturated carbocycles. The van der Waals surface area contributed by atoms with Gasteiger partial charge in [-0.05, 0) is 37.0 Å². The van der Waals surface area contributed by atoms with Crippen molar-refractivity contribution in [3.05, 3.63) is 34.9 Å². The SMILES string of the molecule is CCOC(=O)[C@@H](CC(C)C)c1ccc(Cl)cc1. The van der Waals surface area contributed by atoms with Crippen LogP contribution in [0.25, 0.3) is 0 Å². The summed E-state index contributed by atoms with van der Waals surface area (Å²) in [5.74, 6) is 0.107. The van der Waals surface area contributed by atoms with Gasteiger partial charge in [-0.3, -0.25) is 4.79 Å². The molecule has 0 fully saturated rings. The number of benzene rings is 1. The monoisotopic (exact) mass is 254 g/mol. The number of hydrogen-bond donors (Lipinski definition) is 0. The molecule has 1 aromatic rings. The number of halogens is 1. The second-order valence-electron chi connectivity index (χ2n) is 4.49. The van der Waals surface area contributed by atoms with Crippen LogP contribution in [0.4, 0.5) is 0 Å². The van der Waals surface area contributed by atoms with E-state index in [1.165, 1.54) is 0 Å². The smallest absolute Gasteiger partial charge is 0.313 e. The topological polar surface area (TPSA) is 26.3 Å². The van der Waals surface area contributed by atoms with Gasteiger partial charge in [0.05, 0.1) is 12.5 Å². The number of hydrogen-bond acceptors (Lipinski definition) is 2. The van der Waals surface area contributed by atoms with E-state index in [1.54, 1.807) is 0 Å². The molecule has 0 aliphatic heterocycles. The van der Waals surface area contributed by atoms with Crippen LogP contribution >= 0.6 is 11.6 Å². The molecule has 0 heterocycles. The molecule has 0 radical (unpaired) electrons. The predicted octanol–water partition coefficient (Wildman–Crippen LogP) is 4.03. The van der Waals surface area contributed by atoms with Crippen molar-refractivity contribution in [1.29, 1.82) is 0 Å². The molecular weight excluding hydrogens is 236 g/mol. The average Bonchev–Trinajstić information content (AvgIpc) is 2.27. The van der Waals surface area contributed by atoms with E-state index in [4.69, 9.17) is 16.3 Å². The van der Waals surface area contributed by atoms with Crippen LogP contribution in [0.5, 0.6) is 0 Å². The Balaban J connectivity index is 2.89. The molecule has 1 atom stereocenters. The van der Waals surface area contributed by atoms with Crippen LogP contribution in [0, 0.1) is 5.92 Å². The van der Waals surface area contributed by atoms with Crippen LogP contribution in [0.2, 0.25) is 5.02 Å². The Labute approximate surface area is 108 Å². The van der Waals surface area contributed by atoms with Crippen molar-refractivity contribution < 1.29 is 9.53 Å². The summed E-state index contributed by atoms with van der Waals surface area (Å²) in [4.78, 5) is 11.9. The van der Waals surface area contributed by atoms with E-state index in [2.05, 4.69) is 13.8 Å². The van der Waals surface area contributed by atoms with Crippen molar-refractivity contribution in [2.45, 2.75) is 33.1 Å². The van der Waals surface area contributed by atoms with Gasteiger partial charge in [0.25, 0.3) is 0 Å². The fourth-order valence-electron chi connectivity index (χ4n) is 1.78. The molecule has 0 bridgehead atoms. The Morgan fingerprint density at radius 1 is 1.29 bits per heavy atom. The largest absolute Gasteiger partial charge is 0.466 e. The van der Waals surface area contributed by atoms with Crippen LogP contribution in [-0.4, -0.2) is 12.6 Å². The van der Waals surface area contributed by atoms with Crippen molar-refractivity contribution >= 4 is 17.6 Å². The zero-order chi connectivity index (χ0) is 12.8. The van der Waals surface area contributed by atoms with Crippen molar-refractivity contribution in [1.82, 2.24) is 0 Å². The van der Waals surface area contributed by atoms with Gasteiger partial charge in [-0.15, -0.1) is 0 Å². The van der Waals surface area contributed by atoms with Gasteiger partial charge in [-0.2, -0.15) is 0 Å². The molecule has 94 valence electrons. The predicted molar refractivity (Wildman–Crippen MR) is 70.3 cm³/mol. The highest BCUT2D eigenvalue weighted by atomic mass is 35.5. The van der Waals surface area contributed by atoms with Crippen molar-refractivity contribution in [3.63, 3.8) is 0 Å². The first-order chi connectivity index (χ1) is 8.04. The maximum atomic E-state index is 11.9. The maximum Gasteiger partial charge on any atom is 0.313 e. The third-order valence-electron chi connectivity index (χ3n) is 2.55. The molecule has 17 heavy (non-hydrogen) atoms. The number of ether oxygens (including phenoxy) is 1. The number of carbonyl (C=O) groups is 1. The van der Waals surface area contributed by atoms with Crippen LogP contribution in [0.3, 0.4) is 0 Å². The summed E-state index contributed by atoms with van der Waals surface area (Å²) < 4.78 is 5.12. The highest BCUT2D eigenvalue weighted by molar-refractivity contribution is 6.30. The summed E-state index contributed by atoms with van der Waals surface area (Å²) in [6, 6.07) is 7.41. The summed E-state index contributed by atoms with van der Waals surface area (Å²) in [6.45, 7) is 6.44. The van der Waals surface area contributed by atoms with Gasteiger partial charge in [-0.25, -0.2) is 0 Å².